The second kappa shape index (κ2) is 6.84. The molecule has 0 spiro atoms. The fourth-order valence-corrected chi connectivity index (χ4v) is 3.49. The van der Waals surface area contributed by atoms with Gasteiger partial charge in [0.25, 0.3) is 0 Å². The first kappa shape index (κ1) is 18.3. The minimum Gasteiger partial charge on any atom is -0.593 e. The molecule has 2 saturated heterocycles. The Kier molecular flexibility index (Phi) is 5.45. The monoisotopic (exact) mass is 341 g/mol. The standard InChI is InChI=1S/C14H24BN3O4S/c1-13(2)14(3,4)22-15(21-13)11(7-16)8-17-23(20)12-5-6-18(9-12)10-19/h7-8,10,12,16-17H,5-6,9H2,1-4H3/b11-8+,16-7?. The van der Waals surface area contributed by atoms with Crippen LogP contribution < -0.4 is 4.72 Å². The summed E-state index contributed by atoms with van der Waals surface area (Å²) in [4.78, 5) is 12.3. The van der Waals surface area contributed by atoms with Gasteiger partial charge in [-0.15, -0.1) is 0 Å². The average Bonchev–Trinajstić information content (AvgIpc) is 3.02. The zero-order chi connectivity index (χ0) is 17.3. The highest BCUT2D eigenvalue weighted by molar-refractivity contribution is 7.90. The molecule has 0 bridgehead atoms. The number of hydrogen-bond donors (Lipinski definition) is 2. The molecule has 0 aliphatic carbocycles. The number of allylic oxidation sites excluding steroid dienone is 1. The molecule has 2 aliphatic rings. The number of carbonyl (C=O) groups excluding carboxylic acids is 1. The first-order chi connectivity index (χ1) is 10.7. The van der Waals surface area contributed by atoms with E-state index in [-0.39, 0.29) is 5.25 Å². The van der Waals surface area contributed by atoms with E-state index in [1.54, 1.807) is 4.90 Å². The minimum atomic E-state index is -1.32. The van der Waals surface area contributed by atoms with Crippen molar-refractivity contribution in [2.45, 2.75) is 50.6 Å². The van der Waals surface area contributed by atoms with Crippen LogP contribution in [-0.4, -0.2) is 58.7 Å². The van der Waals surface area contributed by atoms with Crippen LogP contribution in [0.25, 0.3) is 0 Å². The van der Waals surface area contributed by atoms with E-state index in [1.807, 2.05) is 27.7 Å². The maximum Gasteiger partial charge on any atom is 0.498 e. The summed E-state index contributed by atoms with van der Waals surface area (Å²) in [5.41, 5.74) is -0.508. The third kappa shape index (κ3) is 3.91. The second-order valence-electron chi connectivity index (χ2n) is 6.80. The second-order valence-corrected chi connectivity index (χ2v) is 8.30. The van der Waals surface area contributed by atoms with Gasteiger partial charge in [0.1, 0.15) is 0 Å². The molecular weight excluding hydrogens is 317 g/mol. The summed E-state index contributed by atoms with van der Waals surface area (Å²) in [6.45, 7) is 8.85. The molecule has 2 aliphatic heterocycles. The number of rotatable bonds is 6. The first-order valence-corrected chi connectivity index (χ1v) is 8.84. The zero-order valence-corrected chi connectivity index (χ0v) is 14.8. The maximum absolute atomic E-state index is 12.3. The molecule has 2 unspecified atom stereocenters. The fourth-order valence-electron chi connectivity index (χ4n) is 2.40. The van der Waals surface area contributed by atoms with Gasteiger partial charge in [0, 0.05) is 30.9 Å². The van der Waals surface area contributed by atoms with Crippen molar-refractivity contribution < 1.29 is 18.7 Å². The molecule has 0 saturated carbocycles. The van der Waals surface area contributed by atoms with Crippen LogP contribution in [-0.2, 0) is 25.5 Å². The molecule has 2 fully saturated rings. The molecule has 0 aromatic heterocycles. The molecule has 9 heteroatoms. The Morgan fingerprint density at radius 3 is 2.48 bits per heavy atom. The third-order valence-electron chi connectivity index (χ3n) is 4.66. The van der Waals surface area contributed by atoms with Crippen molar-refractivity contribution in [1.29, 1.82) is 5.41 Å². The predicted octanol–water partition coefficient (Wildman–Crippen LogP) is 0.635. The molecule has 0 radical (unpaired) electrons. The van der Waals surface area contributed by atoms with E-state index in [0.29, 0.717) is 25.0 Å². The van der Waals surface area contributed by atoms with Crippen molar-refractivity contribution in [3.8, 4) is 0 Å². The van der Waals surface area contributed by atoms with E-state index in [4.69, 9.17) is 14.7 Å². The molecule has 0 aromatic rings. The van der Waals surface area contributed by atoms with E-state index in [1.165, 1.54) is 6.20 Å². The lowest BCUT2D eigenvalue weighted by Gasteiger charge is -2.32. The van der Waals surface area contributed by atoms with E-state index in [0.717, 1.165) is 12.6 Å². The summed E-state index contributed by atoms with van der Waals surface area (Å²) in [6, 6.07) is 0. The molecule has 128 valence electrons. The van der Waals surface area contributed by atoms with Gasteiger partial charge in [0.15, 0.2) is 5.25 Å². The summed E-state index contributed by atoms with van der Waals surface area (Å²) in [5.74, 6) is 0. The molecule has 0 aromatic carbocycles. The summed E-state index contributed by atoms with van der Waals surface area (Å²) in [5, 5.41) is 7.44. The van der Waals surface area contributed by atoms with E-state index >= 15 is 0 Å². The largest absolute Gasteiger partial charge is 0.593 e. The molecule has 2 atom stereocenters. The van der Waals surface area contributed by atoms with Gasteiger partial charge in [-0.2, -0.15) is 0 Å². The van der Waals surface area contributed by atoms with Crippen LogP contribution in [0.4, 0.5) is 0 Å². The molecule has 7 nitrogen and oxygen atoms in total. The molecule has 2 rings (SSSR count). The van der Waals surface area contributed by atoms with Crippen molar-refractivity contribution in [3.63, 3.8) is 0 Å². The first-order valence-electron chi connectivity index (χ1n) is 7.62. The van der Waals surface area contributed by atoms with Crippen LogP contribution in [0, 0.1) is 5.41 Å². The van der Waals surface area contributed by atoms with E-state index < -0.39 is 29.7 Å². The Labute approximate surface area is 140 Å². The van der Waals surface area contributed by atoms with Crippen LogP contribution in [0.1, 0.15) is 34.1 Å². The lowest BCUT2D eigenvalue weighted by atomic mass is 9.79. The molecular formula is C14H24BN3O4S. The van der Waals surface area contributed by atoms with Crippen molar-refractivity contribution >= 4 is 31.1 Å². The zero-order valence-electron chi connectivity index (χ0n) is 14.0. The van der Waals surface area contributed by atoms with Gasteiger partial charge >= 0.3 is 7.12 Å². The molecule has 1 amide bonds. The van der Waals surface area contributed by atoms with Crippen LogP contribution in [0.15, 0.2) is 11.7 Å². The van der Waals surface area contributed by atoms with Crippen LogP contribution in [0.3, 0.4) is 0 Å². The highest BCUT2D eigenvalue weighted by Crippen LogP contribution is 2.38. The minimum absolute atomic E-state index is 0.110. The van der Waals surface area contributed by atoms with E-state index in [9.17, 15) is 9.35 Å². The van der Waals surface area contributed by atoms with Gasteiger partial charge in [0.2, 0.25) is 6.41 Å². The van der Waals surface area contributed by atoms with Crippen LogP contribution >= 0.6 is 0 Å². The Hall–Kier alpha value is -1.03. The Morgan fingerprint density at radius 2 is 2.00 bits per heavy atom. The average molecular weight is 341 g/mol. The van der Waals surface area contributed by atoms with Gasteiger partial charge in [-0.3, -0.25) is 4.79 Å². The van der Waals surface area contributed by atoms with Gasteiger partial charge in [-0.25, -0.2) is 4.72 Å². The number of nitrogens with zero attached hydrogens (tertiary/aromatic N) is 1. The quantitative estimate of drug-likeness (QED) is 0.320. The van der Waals surface area contributed by atoms with Gasteiger partial charge < -0.3 is 24.2 Å². The highest BCUT2D eigenvalue weighted by atomic mass is 32.2. The predicted molar refractivity (Wildman–Crippen MR) is 90.3 cm³/mol. The number of carbonyl (C=O) groups is 1. The Morgan fingerprint density at radius 1 is 1.39 bits per heavy atom. The Balaban J connectivity index is 1.97. The van der Waals surface area contributed by atoms with Gasteiger partial charge in [0.05, 0.1) is 29.1 Å². The summed E-state index contributed by atoms with van der Waals surface area (Å²) in [7, 11) is -0.669. The topological polar surface area (TPSA) is 97.7 Å². The van der Waals surface area contributed by atoms with Gasteiger partial charge in [-0.05, 0) is 27.7 Å². The molecule has 23 heavy (non-hydrogen) atoms. The number of likely N-dealkylation sites (tertiary alicyclic amines) is 1. The van der Waals surface area contributed by atoms with Crippen molar-refractivity contribution in [3.05, 3.63) is 11.7 Å². The van der Waals surface area contributed by atoms with Crippen molar-refractivity contribution in [1.82, 2.24) is 9.62 Å². The molecule has 2 N–H and O–H groups in total. The van der Waals surface area contributed by atoms with E-state index in [2.05, 4.69) is 4.72 Å². The summed E-state index contributed by atoms with van der Waals surface area (Å²) >= 11 is -1.32. The number of nitrogens with one attached hydrogen (secondary N) is 2. The number of hydrogen-bond acceptors (Lipinski definition) is 6. The normalized spacial score (nSPS) is 27.9. The fraction of sp³-hybridized carbons (Fsp3) is 0.714. The van der Waals surface area contributed by atoms with Crippen LogP contribution in [0.5, 0.6) is 0 Å². The van der Waals surface area contributed by atoms with Crippen LogP contribution in [0.2, 0.25) is 0 Å². The lowest BCUT2D eigenvalue weighted by molar-refractivity contribution is -0.117. The van der Waals surface area contributed by atoms with Crippen molar-refractivity contribution in [2.24, 2.45) is 0 Å². The number of amides is 1. The smallest absolute Gasteiger partial charge is 0.498 e. The van der Waals surface area contributed by atoms with Gasteiger partial charge in [-0.1, -0.05) is 0 Å². The van der Waals surface area contributed by atoms with Crippen molar-refractivity contribution in [2.75, 3.05) is 13.1 Å². The molecule has 2 heterocycles. The Bertz CT molecular complexity index is 484. The third-order valence-corrected chi connectivity index (χ3v) is 6.00. The highest BCUT2D eigenvalue weighted by Gasteiger charge is 2.52. The SMILES string of the molecule is CC1(C)OB(/C(C=N)=C/N[S+]([O-])C2CCN(C=O)C2)OC1(C)C. The maximum atomic E-state index is 12.3. The summed E-state index contributed by atoms with van der Waals surface area (Å²) < 4.78 is 26.8. The summed E-state index contributed by atoms with van der Waals surface area (Å²) in [6.07, 6.45) is 4.12. The lowest BCUT2D eigenvalue weighted by Crippen LogP contribution is -2.41.